The van der Waals surface area contributed by atoms with Gasteiger partial charge < -0.3 is 5.32 Å². The maximum atomic E-state index is 4.53. The van der Waals surface area contributed by atoms with Crippen LogP contribution in [0.5, 0.6) is 0 Å². The second-order valence-electron chi connectivity index (χ2n) is 5.42. The molecule has 0 aliphatic heterocycles. The number of nitrogens with one attached hydrogen (secondary N) is 1. The molecule has 1 aliphatic rings. The molecule has 0 amide bonds. The fourth-order valence-electron chi connectivity index (χ4n) is 2.92. The maximum absolute atomic E-state index is 4.53. The molecule has 1 aromatic heterocycles. The van der Waals surface area contributed by atoms with Crippen molar-refractivity contribution in [2.75, 3.05) is 6.54 Å². The van der Waals surface area contributed by atoms with Crippen LogP contribution in [0, 0.1) is 0 Å². The van der Waals surface area contributed by atoms with E-state index in [0.29, 0.717) is 5.92 Å². The fraction of sp³-hybridized carbons (Fsp3) is 0.438. The average molecular weight is 334 g/mol. The third-order valence-electron chi connectivity index (χ3n) is 4.15. The molecule has 2 aromatic rings. The molecule has 3 nitrogen and oxygen atoms in total. The Hall–Kier alpha value is -1.13. The second-order valence-corrected chi connectivity index (χ2v) is 6.21. The van der Waals surface area contributed by atoms with Gasteiger partial charge in [0.1, 0.15) is 0 Å². The van der Waals surface area contributed by atoms with Gasteiger partial charge in [-0.3, -0.25) is 4.68 Å². The van der Waals surface area contributed by atoms with E-state index in [1.54, 1.807) is 0 Å². The number of fused-ring (bicyclic) bond motifs is 1. The van der Waals surface area contributed by atoms with Gasteiger partial charge in [-0.1, -0.05) is 31.2 Å². The molecule has 1 atom stereocenters. The number of aromatic nitrogens is 2. The Balaban J connectivity index is 1.58. The van der Waals surface area contributed by atoms with Gasteiger partial charge in [-0.15, -0.1) is 0 Å². The van der Waals surface area contributed by atoms with E-state index in [9.17, 15) is 0 Å². The van der Waals surface area contributed by atoms with Crippen molar-refractivity contribution in [2.45, 2.75) is 32.2 Å². The molecule has 1 aliphatic carbocycles. The third-order valence-corrected chi connectivity index (χ3v) is 5.06. The molecule has 1 heterocycles. The zero-order chi connectivity index (χ0) is 14.1. The Labute approximate surface area is 128 Å². The van der Waals surface area contributed by atoms with E-state index >= 15 is 0 Å². The first-order valence-corrected chi connectivity index (χ1v) is 7.98. The number of hydrogen-bond acceptors (Lipinski definition) is 2. The predicted octanol–water partition coefficient (Wildman–Crippen LogP) is 3.17. The van der Waals surface area contributed by atoms with Crippen molar-refractivity contribution in [2.24, 2.45) is 7.05 Å². The average Bonchev–Trinajstić information content (AvgIpc) is 2.70. The minimum Gasteiger partial charge on any atom is -0.311 e. The van der Waals surface area contributed by atoms with Crippen molar-refractivity contribution >= 4 is 15.9 Å². The minimum atomic E-state index is 0.670. The highest BCUT2D eigenvalue weighted by molar-refractivity contribution is 9.10. The first-order chi connectivity index (χ1) is 9.70. The highest BCUT2D eigenvalue weighted by Crippen LogP contribution is 2.34. The molecule has 1 unspecified atom stereocenters. The minimum absolute atomic E-state index is 0.670. The van der Waals surface area contributed by atoms with E-state index in [2.05, 4.69) is 57.5 Å². The van der Waals surface area contributed by atoms with E-state index in [4.69, 9.17) is 0 Å². The summed E-state index contributed by atoms with van der Waals surface area (Å²) in [5.41, 5.74) is 5.39. The predicted molar refractivity (Wildman–Crippen MR) is 84.9 cm³/mol. The molecule has 20 heavy (non-hydrogen) atoms. The van der Waals surface area contributed by atoms with Crippen LogP contribution in [-0.4, -0.2) is 16.3 Å². The van der Waals surface area contributed by atoms with Gasteiger partial charge in [0, 0.05) is 26.1 Å². The summed E-state index contributed by atoms with van der Waals surface area (Å²) in [5.74, 6) is 0.670. The van der Waals surface area contributed by atoms with Crippen LogP contribution in [0.1, 0.15) is 35.4 Å². The molecular weight excluding hydrogens is 314 g/mol. The molecule has 0 fully saturated rings. The monoisotopic (exact) mass is 333 g/mol. The van der Waals surface area contributed by atoms with Gasteiger partial charge in [0.25, 0.3) is 0 Å². The number of benzene rings is 1. The lowest BCUT2D eigenvalue weighted by atomic mass is 9.77. The number of rotatable bonds is 5. The third kappa shape index (κ3) is 2.42. The first kappa shape index (κ1) is 13.8. The van der Waals surface area contributed by atoms with Crippen LogP contribution in [0.2, 0.25) is 0 Å². The highest BCUT2D eigenvalue weighted by atomic mass is 79.9. The van der Waals surface area contributed by atoms with Crippen molar-refractivity contribution in [1.29, 1.82) is 0 Å². The topological polar surface area (TPSA) is 29.9 Å². The Kier molecular flexibility index (Phi) is 3.94. The van der Waals surface area contributed by atoms with E-state index in [0.717, 1.165) is 29.7 Å². The van der Waals surface area contributed by atoms with Crippen LogP contribution in [0.3, 0.4) is 0 Å². The number of halogens is 1. The fourth-order valence-corrected chi connectivity index (χ4v) is 3.68. The van der Waals surface area contributed by atoms with Gasteiger partial charge in [0.05, 0.1) is 15.9 Å². The summed E-state index contributed by atoms with van der Waals surface area (Å²) in [5, 5.41) is 8.10. The lowest BCUT2D eigenvalue weighted by Gasteiger charge is -2.30. The van der Waals surface area contributed by atoms with E-state index in [1.807, 2.05) is 11.7 Å². The Bertz CT molecular complexity index is 618. The molecule has 0 spiro atoms. The SMILES string of the molecule is CCc1nn(C)c(CNCC2Cc3ccccc32)c1Br. The van der Waals surface area contributed by atoms with Gasteiger partial charge in [-0.2, -0.15) is 5.10 Å². The van der Waals surface area contributed by atoms with E-state index < -0.39 is 0 Å². The Morgan fingerprint density at radius 3 is 2.90 bits per heavy atom. The van der Waals surface area contributed by atoms with Crippen LogP contribution in [-0.2, 0) is 26.4 Å². The number of hydrogen-bond donors (Lipinski definition) is 1. The summed E-state index contributed by atoms with van der Waals surface area (Å²) in [7, 11) is 2.01. The van der Waals surface area contributed by atoms with E-state index in [-0.39, 0.29) is 0 Å². The second kappa shape index (κ2) is 5.70. The molecule has 4 heteroatoms. The Morgan fingerprint density at radius 2 is 2.20 bits per heavy atom. The summed E-state index contributed by atoms with van der Waals surface area (Å²) in [6.45, 7) is 4.04. The van der Waals surface area contributed by atoms with Crippen molar-refractivity contribution in [3.8, 4) is 0 Å². The molecule has 0 bridgehead atoms. The van der Waals surface area contributed by atoms with E-state index in [1.165, 1.54) is 23.2 Å². The molecule has 0 radical (unpaired) electrons. The van der Waals surface area contributed by atoms with Crippen molar-refractivity contribution in [1.82, 2.24) is 15.1 Å². The number of nitrogens with zero attached hydrogens (tertiary/aromatic N) is 2. The summed E-state index contributed by atoms with van der Waals surface area (Å²) in [6, 6.07) is 8.75. The Morgan fingerprint density at radius 1 is 1.40 bits per heavy atom. The number of aryl methyl sites for hydroxylation is 2. The highest BCUT2D eigenvalue weighted by Gasteiger charge is 2.24. The zero-order valence-electron chi connectivity index (χ0n) is 12.0. The smallest absolute Gasteiger partial charge is 0.0767 e. The molecule has 106 valence electrons. The molecular formula is C16H20BrN3. The van der Waals surface area contributed by atoms with Gasteiger partial charge in [-0.25, -0.2) is 0 Å². The largest absolute Gasteiger partial charge is 0.311 e. The zero-order valence-corrected chi connectivity index (χ0v) is 13.6. The van der Waals surface area contributed by atoms with Gasteiger partial charge in [-0.05, 0) is 39.9 Å². The molecule has 0 saturated heterocycles. The summed E-state index contributed by atoms with van der Waals surface area (Å²) < 4.78 is 3.13. The van der Waals surface area contributed by atoms with Crippen molar-refractivity contribution in [3.05, 3.63) is 51.3 Å². The standard InChI is InChI=1S/C16H20BrN3/c1-3-14-16(17)15(20(2)19-14)10-18-9-12-8-11-6-4-5-7-13(11)12/h4-7,12,18H,3,8-10H2,1-2H3. The van der Waals surface area contributed by atoms with Crippen LogP contribution in [0.25, 0.3) is 0 Å². The first-order valence-electron chi connectivity index (χ1n) is 7.19. The maximum Gasteiger partial charge on any atom is 0.0767 e. The molecule has 1 N–H and O–H groups in total. The molecule has 3 rings (SSSR count). The van der Waals surface area contributed by atoms with Crippen molar-refractivity contribution < 1.29 is 0 Å². The summed E-state index contributed by atoms with van der Waals surface area (Å²) in [4.78, 5) is 0. The summed E-state index contributed by atoms with van der Waals surface area (Å²) >= 11 is 3.66. The molecule has 0 saturated carbocycles. The molecule has 1 aromatic carbocycles. The van der Waals surface area contributed by atoms with Gasteiger partial charge >= 0.3 is 0 Å². The van der Waals surface area contributed by atoms with Crippen LogP contribution in [0.15, 0.2) is 28.7 Å². The van der Waals surface area contributed by atoms with Crippen LogP contribution < -0.4 is 5.32 Å². The van der Waals surface area contributed by atoms with Crippen molar-refractivity contribution in [3.63, 3.8) is 0 Å². The van der Waals surface area contributed by atoms with Gasteiger partial charge in [0.15, 0.2) is 0 Å². The van der Waals surface area contributed by atoms with Crippen LogP contribution >= 0.6 is 15.9 Å². The lowest BCUT2D eigenvalue weighted by Crippen LogP contribution is -2.29. The quantitative estimate of drug-likeness (QED) is 0.910. The normalized spacial score (nSPS) is 16.9. The van der Waals surface area contributed by atoms with Crippen LogP contribution in [0.4, 0.5) is 0 Å². The lowest BCUT2D eigenvalue weighted by molar-refractivity contribution is 0.523. The van der Waals surface area contributed by atoms with Gasteiger partial charge in [0.2, 0.25) is 0 Å². The summed E-state index contributed by atoms with van der Waals surface area (Å²) in [6.07, 6.45) is 2.17.